The topological polar surface area (TPSA) is 89.3 Å². The van der Waals surface area contributed by atoms with Crippen LogP contribution in [0.25, 0.3) is 6.08 Å². The molecule has 0 saturated carbocycles. The van der Waals surface area contributed by atoms with E-state index in [0.717, 1.165) is 21.9 Å². The lowest BCUT2D eigenvalue weighted by Gasteiger charge is -2.12. The fourth-order valence-corrected chi connectivity index (χ4v) is 3.93. The van der Waals surface area contributed by atoms with Crippen LogP contribution in [0.1, 0.15) is 22.4 Å². The Morgan fingerprint density at radius 2 is 1.82 bits per heavy atom. The van der Waals surface area contributed by atoms with Gasteiger partial charge >= 0.3 is 5.97 Å². The summed E-state index contributed by atoms with van der Waals surface area (Å²) >= 11 is 0. The molecule has 0 spiro atoms. The van der Waals surface area contributed by atoms with Crippen molar-refractivity contribution in [3.8, 4) is 0 Å². The Balaban J connectivity index is 2.50. The molecule has 1 aromatic carbocycles. The first-order valence-electron chi connectivity index (χ1n) is 6.50. The largest absolute Gasteiger partial charge is 0.478 e. The molecular weight excluding hydrogens is 304 g/mol. The van der Waals surface area contributed by atoms with Crippen molar-refractivity contribution >= 4 is 22.1 Å². The molecule has 1 N–H and O–H groups in total. The van der Waals surface area contributed by atoms with Crippen LogP contribution in [-0.4, -0.2) is 28.5 Å². The Kier molecular flexibility index (Phi) is 4.18. The van der Waals surface area contributed by atoms with E-state index < -0.39 is 16.0 Å². The summed E-state index contributed by atoms with van der Waals surface area (Å²) in [4.78, 5) is 14.6. The van der Waals surface area contributed by atoms with Crippen LogP contribution in [0.2, 0.25) is 0 Å². The number of aryl methyl sites for hydroxylation is 3. The molecule has 0 saturated heterocycles. The van der Waals surface area contributed by atoms with E-state index in [2.05, 4.69) is 4.98 Å². The van der Waals surface area contributed by atoms with Crippen molar-refractivity contribution in [3.63, 3.8) is 0 Å². The molecule has 0 aliphatic rings. The van der Waals surface area contributed by atoms with Crippen LogP contribution in [-0.2, 0) is 14.8 Å². The Labute approximate surface area is 128 Å². The third kappa shape index (κ3) is 3.09. The summed E-state index contributed by atoms with van der Waals surface area (Å²) in [6.45, 7) is 5.40. The van der Waals surface area contributed by atoms with Crippen LogP contribution < -0.4 is 0 Å². The molecule has 22 heavy (non-hydrogen) atoms. The van der Waals surface area contributed by atoms with Gasteiger partial charge in [-0.1, -0.05) is 17.7 Å². The first-order valence-corrected chi connectivity index (χ1v) is 7.94. The van der Waals surface area contributed by atoms with Crippen LogP contribution in [0.15, 0.2) is 35.6 Å². The number of aromatic nitrogens is 2. The summed E-state index contributed by atoms with van der Waals surface area (Å²) < 4.78 is 26.4. The Morgan fingerprint density at radius 1 is 1.23 bits per heavy atom. The van der Waals surface area contributed by atoms with Crippen molar-refractivity contribution in [2.24, 2.45) is 0 Å². The molecule has 0 atom stereocenters. The van der Waals surface area contributed by atoms with Crippen molar-refractivity contribution in [1.29, 1.82) is 0 Å². The van der Waals surface area contributed by atoms with Crippen molar-refractivity contribution in [3.05, 3.63) is 53.1 Å². The van der Waals surface area contributed by atoms with E-state index in [1.165, 1.54) is 12.3 Å². The van der Waals surface area contributed by atoms with Crippen molar-refractivity contribution in [2.75, 3.05) is 0 Å². The molecule has 6 nitrogen and oxygen atoms in total. The highest BCUT2D eigenvalue weighted by Gasteiger charge is 2.22. The van der Waals surface area contributed by atoms with Crippen molar-refractivity contribution in [2.45, 2.75) is 25.7 Å². The summed E-state index contributed by atoms with van der Waals surface area (Å²) in [5.74, 6) is -1.12. The van der Waals surface area contributed by atoms with E-state index >= 15 is 0 Å². The quantitative estimate of drug-likeness (QED) is 0.872. The lowest BCUT2D eigenvalue weighted by atomic mass is 10.1. The second-order valence-corrected chi connectivity index (χ2v) is 6.81. The van der Waals surface area contributed by atoms with Gasteiger partial charge in [-0.3, -0.25) is 0 Å². The average molecular weight is 320 g/mol. The van der Waals surface area contributed by atoms with Gasteiger partial charge in [0.1, 0.15) is 6.33 Å². The highest BCUT2D eigenvalue weighted by atomic mass is 32.2. The van der Waals surface area contributed by atoms with Gasteiger partial charge in [0.25, 0.3) is 10.0 Å². The number of rotatable bonds is 4. The van der Waals surface area contributed by atoms with Gasteiger partial charge in [-0.05, 0) is 38.0 Å². The molecule has 0 bridgehead atoms. The highest BCUT2D eigenvalue weighted by molar-refractivity contribution is 7.90. The lowest BCUT2D eigenvalue weighted by Crippen LogP contribution is -2.14. The van der Waals surface area contributed by atoms with Crippen LogP contribution in [0.4, 0.5) is 0 Å². The fourth-order valence-electron chi connectivity index (χ4n) is 2.37. The molecule has 0 radical (unpaired) electrons. The molecule has 0 unspecified atom stereocenters. The van der Waals surface area contributed by atoms with Crippen LogP contribution in [0, 0.1) is 20.8 Å². The van der Waals surface area contributed by atoms with Crippen molar-refractivity contribution < 1.29 is 18.3 Å². The van der Waals surface area contributed by atoms with Gasteiger partial charge < -0.3 is 5.11 Å². The molecule has 1 heterocycles. The summed E-state index contributed by atoms with van der Waals surface area (Å²) in [6.07, 6.45) is 4.59. The molecule has 0 fully saturated rings. The number of imidazole rings is 1. The normalized spacial score (nSPS) is 12.0. The Bertz CT molecular complexity index is 840. The Morgan fingerprint density at radius 3 is 2.36 bits per heavy atom. The number of aliphatic carboxylic acids is 1. The maximum Gasteiger partial charge on any atom is 0.328 e. The van der Waals surface area contributed by atoms with Gasteiger partial charge in [0.05, 0.1) is 10.6 Å². The number of hydrogen-bond acceptors (Lipinski definition) is 4. The zero-order valence-electron chi connectivity index (χ0n) is 12.4. The smallest absolute Gasteiger partial charge is 0.328 e. The first-order chi connectivity index (χ1) is 10.2. The fraction of sp³-hybridized carbons (Fsp3) is 0.200. The van der Waals surface area contributed by atoms with E-state index in [1.807, 2.05) is 19.1 Å². The van der Waals surface area contributed by atoms with Crippen LogP contribution in [0.5, 0.6) is 0 Å². The molecule has 0 aliphatic heterocycles. The molecule has 2 aromatic rings. The minimum Gasteiger partial charge on any atom is -0.478 e. The SMILES string of the molecule is Cc1cc(C)c(S(=O)(=O)n2cnc(C=CC(=O)O)c2)c(C)c1. The highest BCUT2D eigenvalue weighted by Crippen LogP contribution is 2.24. The first kappa shape index (κ1) is 16.0. The van der Waals surface area contributed by atoms with Gasteiger partial charge in [-0.15, -0.1) is 0 Å². The zero-order valence-corrected chi connectivity index (χ0v) is 13.3. The summed E-state index contributed by atoms with van der Waals surface area (Å²) in [5, 5.41) is 8.58. The standard InChI is InChI=1S/C15H16N2O4S/c1-10-6-11(2)15(12(3)7-10)22(20,21)17-8-13(16-9-17)4-5-14(18)19/h4-9H,1-3H3,(H,18,19). The predicted molar refractivity (Wildman–Crippen MR) is 82.1 cm³/mol. The minimum absolute atomic E-state index is 0.240. The van der Waals surface area contributed by atoms with Crippen molar-refractivity contribution in [1.82, 2.24) is 8.96 Å². The number of nitrogens with zero attached hydrogens (tertiary/aromatic N) is 2. The third-order valence-corrected chi connectivity index (χ3v) is 5.03. The second kappa shape index (κ2) is 5.76. The molecule has 2 rings (SSSR count). The average Bonchev–Trinajstić information content (AvgIpc) is 2.84. The molecule has 0 amide bonds. The van der Waals surface area contributed by atoms with Gasteiger partial charge in [0.15, 0.2) is 0 Å². The van der Waals surface area contributed by atoms with E-state index in [-0.39, 0.29) is 10.6 Å². The predicted octanol–water partition coefficient (Wildman–Crippen LogP) is 2.14. The zero-order chi connectivity index (χ0) is 16.5. The van der Waals surface area contributed by atoms with Crippen LogP contribution in [0.3, 0.4) is 0 Å². The van der Waals surface area contributed by atoms with Gasteiger partial charge in [-0.2, -0.15) is 0 Å². The molecular formula is C15H16N2O4S. The summed E-state index contributed by atoms with van der Waals surface area (Å²) in [5.41, 5.74) is 2.57. The number of carboxylic acid groups (broad SMARTS) is 1. The minimum atomic E-state index is -3.76. The van der Waals surface area contributed by atoms with Gasteiger partial charge in [0, 0.05) is 12.3 Å². The maximum atomic E-state index is 12.7. The van der Waals surface area contributed by atoms with E-state index in [9.17, 15) is 13.2 Å². The Hall–Kier alpha value is -2.41. The lowest BCUT2D eigenvalue weighted by molar-refractivity contribution is -0.131. The van der Waals surface area contributed by atoms with E-state index in [1.54, 1.807) is 13.8 Å². The molecule has 1 aromatic heterocycles. The number of hydrogen-bond donors (Lipinski definition) is 1. The van der Waals surface area contributed by atoms with Crippen LogP contribution >= 0.6 is 0 Å². The number of carboxylic acids is 1. The second-order valence-electron chi connectivity index (χ2n) is 5.03. The van der Waals surface area contributed by atoms with Gasteiger partial charge in [0.2, 0.25) is 0 Å². The van der Waals surface area contributed by atoms with Gasteiger partial charge in [-0.25, -0.2) is 22.2 Å². The summed E-state index contributed by atoms with van der Waals surface area (Å²) in [7, 11) is -3.76. The number of benzene rings is 1. The molecule has 0 aliphatic carbocycles. The molecule has 7 heteroatoms. The summed E-state index contributed by atoms with van der Waals surface area (Å²) in [6, 6.07) is 3.62. The van der Waals surface area contributed by atoms with E-state index in [0.29, 0.717) is 11.1 Å². The monoisotopic (exact) mass is 320 g/mol. The third-order valence-electron chi connectivity index (χ3n) is 3.12. The van der Waals surface area contributed by atoms with E-state index in [4.69, 9.17) is 5.11 Å². The maximum absolute atomic E-state index is 12.7. The molecule has 116 valence electrons. The number of carbonyl (C=O) groups is 1.